The predicted molar refractivity (Wildman–Crippen MR) is 141 cm³/mol. The van der Waals surface area contributed by atoms with Crippen LogP contribution in [0.5, 0.6) is 5.75 Å². The molecule has 38 heavy (non-hydrogen) atoms. The van der Waals surface area contributed by atoms with Crippen LogP contribution in [-0.2, 0) is 23.7 Å². The molecule has 2 saturated heterocycles. The summed E-state index contributed by atoms with van der Waals surface area (Å²) in [5, 5.41) is 0. The Balaban J connectivity index is 0.795. The molecule has 0 aromatic heterocycles. The van der Waals surface area contributed by atoms with Gasteiger partial charge in [0, 0.05) is 19.8 Å². The average Bonchev–Trinajstić information content (AvgIpc) is 3.87. The predicted octanol–water partition coefficient (Wildman–Crippen LogP) is 5.48. The van der Waals surface area contributed by atoms with E-state index in [0.29, 0.717) is 48.4 Å². The molecule has 7 nitrogen and oxygen atoms in total. The minimum Gasteiger partial charge on any atom is -0.493 e. The number of benzene rings is 1. The smallest absolute Gasteiger partial charge is 0.338 e. The number of esters is 1. The first-order chi connectivity index (χ1) is 18.7. The van der Waals surface area contributed by atoms with E-state index in [2.05, 4.69) is 0 Å². The molecular formula is C31H44O7. The Morgan fingerprint density at radius 1 is 0.711 bits per heavy atom. The van der Waals surface area contributed by atoms with E-state index in [1.54, 1.807) is 0 Å². The van der Waals surface area contributed by atoms with E-state index in [-0.39, 0.29) is 18.2 Å². The molecule has 6 atom stereocenters. The van der Waals surface area contributed by atoms with Crippen LogP contribution in [0.25, 0.3) is 0 Å². The van der Waals surface area contributed by atoms with Gasteiger partial charge in [-0.25, -0.2) is 4.79 Å². The standard InChI is InChI=1S/C31H44O7/c32-31(23-5-7-25(8-6-23)35-20-22-4-14-28-30(18-22)38-28)36-26-11-9-24(10-12-26)34-16-2-1-15-33-19-21-3-13-27-29(17-21)37-27/h5-8,21-22,24,26-30H,1-4,9-20H2. The molecule has 210 valence electrons. The number of rotatable bonds is 13. The lowest BCUT2D eigenvalue weighted by Gasteiger charge is -2.28. The summed E-state index contributed by atoms with van der Waals surface area (Å²) in [6.07, 6.45) is 15.1. The lowest BCUT2D eigenvalue weighted by Crippen LogP contribution is -2.28. The molecule has 0 spiro atoms. The minimum absolute atomic E-state index is 0.0254. The zero-order chi connectivity index (χ0) is 25.7. The third-order valence-electron chi connectivity index (χ3n) is 9.09. The molecule has 2 aliphatic heterocycles. The van der Waals surface area contributed by atoms with Crippen LogP contribution in [0.1, 0.15) is 87.4 Å². The summed E-state index contributed by atoms with van der Waals surface area (Å²) < 4.78 is 34.9. The van der Waals surface area contributed by atoms with Crippen molar-refractivity contribution in [2.45, 2.75) is 114 Å². The Kier molecular flexibility index (Phi) is 8.85. The Labute approximate surface area is 226 Å². The van der Waals surface area contributed by atoms with E-state index in [9.17, 15) is 4.79 Å². The van der Waals surface area contributed by atoms with Crippen LogP contribution < -0.4 is 4.74 Å². The number of hydrogen-bond donors (Lipinski definition) is 0. The zero-order valence-electron chi connectivity index (χ0n) is 22.6. The molecular weight excluding hydrogens is 484 g/mol. The maximum absolute atomic E-state index is 12.6. The Bertz CT molecular complexity index is 896. The molecule has 5 aliphatic rings. The molecule has 6 unspecified atom stereocenters. The summed E-state index contributed by atoms with van der Waals surface area (Å²) in [5.41, 5.74) is 0.582. The number of hydrogen-bond acceptors (Lipinski definition) is 7. The number of fused-ring (bicyclic) bond motifs is 2. The maximum atomic E-state index is 12.6. The zero-order valence-corrected chi connectivity index (χ0v) is 22.6. The van der Waals surface area contributed by atoms with Crippen molar-refractivity contribution >= 4 is 5.97 Å². The van der Waals surface area contributed by atoms with Crippen LogP contribution in [0.3, 0.4) is 0 Å². The van der Waals surface area contributed by atoms with E-state index in [1.165, 1.54) is 25.7 Å². The fourth-order valence-corrected chi connectivity index (χ4v) is 6.52. The highest BCUT2D eigenvalue weighted by molar-refractivity contribution is 5.89. The second-order valence-corrected chi connectivity index (χ2v) is 12.1. The third kappa shape index (κ3) is 7.50. The van der Waals surface area contributed by atoms with E-state index >= 15 is 0 Å². The molecule has 6 rings (SSSR count). The molecule has 0 bridgehead atoms. The second kappa shape index (κ2) is 12.7. The normalized spacial score (nSPS) is 35.6. The van der Waals surface area contributed by atoms with E-state index in [0.717, 1.165) is 76.9 Å². The molecule has 0 amide bonds. The number of epoxide rings is 2. The highest BCUT2D eigenvalue weighted by Gasteiger charge is 2.44. The van der Waals surface area contributed by atoms with Crippen LogP contribution in [-0.4, -0.2) is 69.0 Å². The quantitative estimate of drug-likeness (QED) is 0.191. The minimum atomic E-state index is -0.247. The Morgan fingerprint density at radius 2 is 1.34 bits per heavy atom. The van der Waals surface area contributed by atoms with Crippen LogP contribution >= 0.6 is 0 Å². The molecule has 5 fully saturated rings. The molecule has 3 aliphatic carbocycles. The lowest BCUT2D eigenvalue weighted by atomic mass is 9.90. The van der Waals surface area contributed by atoms with Crippen molar-refractivity contribution in [3.8, 4) is 5.75 Å². The number of unbranched alkanes of at least 4 members (excludes halogenated alkanes) is 1. The van der Waals surface area contributed by atoms with E-state index in [1.807, 2.05) is 24.3 Å². The van der Waals surface area contributed by atoms with Crippen molar-refractivity contribution in [1.29, 1.82) is 0 Å². The summed E-state index contributed by atoms with van der Waals surface area (Å²) in [5.74, 6) is 1.81. The molecule has 3 saturated carbocycles. The van der Waals surface area contributed by atoms with Crippen LogP contribution in [0.2, 0.25) is 0 Å². The summed E-state index contributed by atoms with van der Waals surface area (Å²) in [6.45, 7) is 3.20. The second-order valence-electron chi connectivity index (χ2n) is 12.1. The highest BCUT2D eigenvalue weighted by atomic mass is 16.6. The van der Waals surface area contributed by atoms with Gasteiger partial charge in [-0.3, -0.25) is 0 Å². The fraction of sp³-hybridized carbons (Fsp3) is 0.774. The van der Waals surface area contributed by atoms with Gasteiger partial charge in [0.15, 0.2) is 0 Å². The van der Waals surface area contributed by atoms with Gasteiger partial charge in [0.25, 0.3) is 0 Å². The van der Waals surface area contributed by atoms with Gasteiger partial charge in [-0.1, -0.05) is 0 Å². The molecule has 0 radical (unpaired) electrons. The maximum Gasteiger partial charge on any atom is 0.338 e. The van der Waals surface area contributed by atoms with Gasteiger partial charge < -0.3 is 28.4 Å². The van der Waals surface area contributed by atoms with Crippen LogP contribution in [0.4, 0.5) is 0 Å². The summed E-state index contributed by atoms with van der Waals surface area (Å²) in [7, 11) is 0. The van der Waals surface area contributed by atoms with Crippen molar-refractivity contribution < 1.29 is 33.2 Å². The van der Waals surface area contributed by atoms with E-state index < -0.39 is 0 Å². The van der Waals surface area contributed by atoms with E-state index in [4.69, 9.17) is 28.4 Å². The van der Waals surface area contributed by atoms with Gasteiger partial charge in [-0.05, 0) is 113 Å². The van der Waals surface area contributed by atoms with Crippen molar-refractivity contribution in [3.05, 3.63) is 29.8 Å². The average molecular weight is 529 g/mol. The first-order valence-corrected chi connectivity index (χ1v) is 15.1. The fourth-order valence-electron chi connectivity index (χ4n) is 6.52. The van der Waals surface area contributed by atoms with Crippen molar-refractivity contribution in [1.82, 2.24) is 0 Å². The van der Waals surface area contributed by atoms with Gasteiger partial charge in [0.1, 0.15) is 11.9 Å². The first kappa shape index (κ1) is 26.5. The largest absolute Gasteiger partial charge is 0.493 e. The molecule has 7 heteroatoms. The molecule has 0 N–H and O–H groups in total. The van der Waals surface area contributed by atoms with Crippen LogP contribution in [0, 0.1) is 11.8 Å². The van der Waals surface area contributed by atoms with Crippen molar-refractivity contribution in [2.75, 3.05) is 26.4 Å². The van der Waals surface area contributed by atoms with Crippen molar-refractivity contribution in [3.63, 3.8) is 0 Å². The van der Waals surface area contributed by atoms with Gasteiger partial charge in [0.05, 0.1) is 42.7 Å². The van der Waals surface area contributed by atoms with Gasteiger partial charge in [-0.15, -0.1) is 0 Å². The van der Waals surface area contributed by atoms with Crippen LogP contribution in [0.15, 0.2) is 24.3 Å². The van der Waals surface area contributed by atoms with Gasteiger partial charge in [0.2, 0.25) is 0 Å². The lowest BCUT2D eigenvalue weighted by molar-refractivity contribution is -0.0216. The van der Waals surface area contributed by atoms with Gasteiger partial charge >= 0.3 is 5.97 Å². The highest BCUT2D eigenvalue weighted by Crippen LogP contribution is 2.40. The van der Waals surface area contributed by atoms with Gasteiger partial charge in [-0.2, -0.15) is 0 Å². The Morgan fingerprint density at radius 3 is 2.03 bits per heavy atom. The summed E-state index contributed by atoms with van der Waals surface area (Å²) in [6, 6.07) is 7.36. The summed E-state index contributed by atoms with van der Waals surface area (Å²) in [4.78, 5) is 12.6. The molecule has 1 aromatic carbocycles. The number of ether oxygens (including phenoxy) is 6. The van der Waals surface area contributed by atoms with Crippen molar-refractivity contribution in [2.24, 2.45) is 11.8 Å². The SMILES string of the molecule is O=C(OC1CCC(OCCCCOCC2CCC3OC3C2)CC1)c1ccc(OCC2CCC3OC3C2)cc1. The first-order valence-electron chi connectivity index (χ1n) is 15.1. The Hall–Kier alpha value is -1.67. The third-order valence-corrected chi connectivity index (χ3v) is 9.09. The topological polar surface area (TPSA) is 79.1 Å². The number of carbonyl (C=O) groups excluding carboxylic acids is 1. The molecule has 2 heterocycles. The summed E-state index contributed by atoms with van der Waals surface area (Å²) >= 11 is 0. The monoisotopic (exact) mass is 528 g/mol. The number of carbonyl (C=O) groups is 1. The molecule has 1 aromatic rings.